The van der Waals surface area contributed by atoms with Crippen LogP contribution in [0.4, 0.5) is 5.95 Å². The molecule has 5 nitrogen and oxygen atoms in total. The maximum absolute atomic E-state index is 5.96. The highest BCUT2D eigenvalue weighted by molar-refractivity contribution is 9.10. The first-order valence-corrected chi connectivity index (χ1v) is 6.22. The van der Waals surface area contributed by atoms with Gasteiger partial charge >= 0.3 is 0 Å². The molecule has 0 saturated carbocycles. The number of pyridine rings is 1. The highest BCUT2D eigenvalue weighted by Gasteiger charge is 2.15. The Morgan fingerprint density at radius 3 is 2.88 bits per heavy atom. The number of anilines is 1. The topological polar surface area (TPSA) is 60.0 Å². The van der Waals surface area contributed by atoms with Crippen molar-refractivity contribution < 1.29 is 0 Å². The van der Waals surface area contributed by atoms with Gasteiger partial charge in [-0.1, -0.05) is 0 Å². The van der Waals surface area contributed by atoms with Crippen LogP contribution in [0, 0.1) is 0 Å². The zero-order valence-electron chi connectivity index (χ0n) is 10.2. The van der Waals surface area contributed by atoms with E-state index < -0.39 is 0 Å². The molecular weight excluding hydrogens is 282 g/mol. The van der Waals surface area contributed by atoms with E-state index in [-0.39, 0.29) is 6.04 Å². The lowest BCUT2D eigenvalue weighted by atomic mass is 10.3. The van der Waals surface area contributed by atoms with Crippen LogP contribution in [0.2, 0.25) is 0 Å². The van der Waals surface area contributed by atoms with Gasteiger partial charge in [0.25, 0.3) is 0 Å². The predicted molar refractivity (Wildman–Crippen MR) is 72.9 cm³/mol. The summed E-state index contributed by atoms with van der Waals surface area (Å²) in [5, 5.41) is 0. The van der Waals surface area contributed by atoms with Crippen LogP contribution in [0.5, 0.6) is 0 Å². The second-order valence-electron chi connectivity index (χ2n) is 4.45. The van der Waals surface area contributed by atoms with Crippen molar-refractivity contribution in [2.75, 3.05) is 26.4 Å². The second-order valence-corrected chi connectivity index (χ2v) is 5.36. The summed E-state index contributed by atoms with van der Waals surface area (Å²) >= 11 is 3.38. The van der Waals surface area contributed by atoms with Gasteiger partial charge in [-0.15, -0.1) is 0 Å². The molecule has 0 spiro atoms. The molecule has 0 aromatic carbocycles. The molecule has 0 amide bonds. The second kappa shape index (κ2) is 4.62. The third-order valence-corrected chi connectivity index (χ3v) is 3.03. The van der Waals surface area contributed by atoms with E-state index in [1.807, 2.05) is 24.7 Å². The molecule has 0 aliphatic carbocycles. The molecule has 1 atom stereocenters. The molecule has 2 rings (SSSR count). The summed E-state index contributed by atoms with van der Waals surface area (Å²) in [4.78, 5) is 10.8. The Morgan fingerprint density at radius 2 is 2.24 bits per heavy atom. The van der Waals surface area contributed by atoms with Crippen molar-refractivity contribution in [1.29, 1.82) is 0 Å². The summed E-state index contributed by atoms with van der Waals surface area (Å²) in [6.45, 7) is 3.01. The summed E-state index contributed by atoms with van der Waals surface area (Å²) in [6, 6.07) is 2.17. The molecule has 6 heteroatoms. The Balaban J connectivity index is 2.49. The van der Waals surface area contributed by atoms with E-state index in [0.29, 0.717) is 5.95 Å². The van der Waals surface area contributed by atoms with Crippen LogP contribution in [0.25, 0.3) is 11.2 Å². The molecule has 0 aliphatic heterocycles. The number of hydrogen-bond acceptors (Lipinski definition) is 4. The normalized spacial score (nSPS) is 13.5. The molecule has 2 heterocycles. The van der Waals surface area contributed by atoms with E-state index in [1.165, 1.54) is 0 Å². The van der Waals surface area contributed by atoms with Gasteiger partial charge in [0, 0.05) is 23.3 Å². The van der Waals surface area contributed by atoms with E-state index in [0.717, 1.165) is 22.2 Å². The molecule has 0 aliphatic rings. The van der Waals surface area contributed by atoms with E-state index in [2.05, 4.69) is 37.7 Å². The van der Waals surface area contributed by atoms with Gasteiger partial charge < -0.3 is 10.6 Å². The summed E-state index contributed by atoms with van der Waals surface area (Å²) in [5.41, 5.74) is 7.61. The van der Waals surface area contributed by atoms with Crippen molar-refractivity contribution in [2.45, 2.75) is 13.0 Å². The fraction of sp³-hybridized carbons (Fsp3) is 0.455. The lowest BCUT2D eigenvalue weighted by Crippen LogP contribution is -2.23. The minimum atomic E-state index is 0.240. The zero-order valence-corrected chi connectivity index (χ0v) is 11.8. The molecule has 17 heavy (non-hydrogen) atoms. The maximum Gasteiger partial charge on any atom is 0.202 e. The monoisotopic (exact) mass is 297 g/mol. The molecule has 2 aromatic rings. The van der Waals surface area contributed by atoms with Gasteiger partial charge in [-0.05, 0) is 43.0 Å². The number of halogens is 1. The molecule has 2 aromatic heterocycles. The fourth-order valence-corrected chi connectivity index (χ4v) is 2.34. The quantitative estimate of drug-likeness (QED) is 0.940. The van der Waals surface area contributed by atoms with Crippen LogP contribution in [0.15, 0.2) is 16.7 Å². The summed E-state index contributed by atoms with van der Waals surface area (Å²) in [7, 11) is 4.08. The van der Waals surface area contributed by atoms with Crippen LogP contribution < -0.4 is 5.73 Å². The van der Waals surface area contributed by atoms with Crippen LogP contribution in [-0.4, -0.2) is 40.1 Å². The van der Waals surface area contributed by atoms with Gasteiger partial charge in [0.15, 0.2) is 5.65 Å². The number of imidazole rings is 1. The van der Waals surface area contributed by atoms with Gasteiger partial charge in [-0.3, -0.25) is 4.57 Å². The Hall–Kier alpha value is -1.14. The summed E-state index contributed by atoms with van der Waals surface area (Å²) in [5.74, 6) is 0.514. The predicted octanol–water partition coefficient (Wildman–Crippen LogP) is 1.90. The molecule has 0 bridgehead atoms. The SMILES string of the molecule is CC(CN(C)C)n1c(N)nc2cc(Br)cnc21. The van der Waals surface area contributed by atoms with Crippen LogP contribution in [0.1, 0.15) is 13.0 Å². The molecule has 2 N–H and O–H groups in total. The first-order chi connectivity index (χ1) is 7.99. The number of nitrogen functional groups attached to an aromatic ring is 1. The summed E-state index contributed by atoms with van der Waals surface area (Å²) < 4.78 is 2.89. The zero-order chi connectivity index (χ0) is 12.6. The first kappa shape index (κ1) is 12.3. The van der Waals surface area contributed by atoms with Crippen molar-refractivity contribution in [3.63, 3.8) is 0 Å². The number of nitrogens with zero attached hydrogens (tertiary/aromatic N) is 4. The third kappa shape index (κ3) is 2.42. The number of hydrogen-bond donors (Lipinski definition) is 1. The largest absolute Gasteiger partial charge is 0.369 e. The number of nitrogens with two attached hydrogens (primary N) is 1. The highest BCUT2D eigenvalue weighted by Crippen LogP contribution is 2.23. The van der Waals surface area contributed by atoms with Crippen molar-refractivity contribution in [1.82, 2.24) is 19.4 Å². The van der Waals surface area contributed by atoms with Crippen LogP contribution in [-0.2, 0) is 0 Å². The first-order valence-electron chi connectivity index (χ1n) is 5.42. The van der Waals surface area contributed by atoms with Crippen LogP contribution in [0.3, 0.4) is 0 Å². The molecule has 0 saturated heterocycles. The molecule has 0 fully saturated rings. The third-order valence-electron chi connectivity index (χ3n) is 2.59. The Kier molecular flexibility index (Phi) is 3.35. The molecular formula is C11H16BrN5. The number of fused-ring (bicyclic) bond motifs is 1. The van der Waals surface area contributed by atoms with E-state index in [1.54, 1.807) is 6.20 Å². The van der Waals surface area contributed by atoms with Gasteiger partial charge in [0.05, 0.1) is 0 Å². The van der Waals surface area contributed by atoms with E-state index in [9.17, 15) is 0 Å². The van der Waals surface area contributed by atoms with Gasteiger partial charge in [0.2, 0.25) is 5.95 Å². The smallest absolute Gasteiger partial charge is 0.202 e. The van der Waals surface area contributed by atoms with E-state index >= 15 is 0 Å². The minimum absolute atomic E-state index is 0.240. The maximum atomic E-state index is 5.96. The molecule has 1 unspecified atom stereocenters. The number of rotatable bonds is 3. The Bertz CT molecular complexity index is 534. The van der Waals surface area contributed by atoms with Crippen molar-refractivity contribution in [3.05, 3.63) is 16.7 Å². The highest BCUT2D eigenvalue weighted by atomic mass is 79.9. The fourth-order valence-electron chi connectivity index (χ4n) is 2.02. The molecule has 0 radical (unpaired) electrons. The lowest BCUT2D eigenvalue weighted by Gasteiger charge is -2.19. The average Bonchev–Trinajstić information content (AvgIpc) is 2.51. The van der Waals surface area contributed by atoms with Crippen molar-refractivity contribution >= 4 is 33.0 Å². The van der Waals surface area contributed by atoms with Gasteiger partial charge in [0.1, 0.15) is 5.52 Å². The minimum Gasteiger partial charge on any atom is -0.369 e. The van der Waals surface area contributed by atoms with Crippen molar-refractivity contribution in [2.24, 2.45) is 0 Å². The van der Waals surface area contributed by atoms with E-state index in [4.69, 9.17) is 5.73 Å². The number of aromatic nitrogens is 3. The molecule has 92 valence electrons. The number of likely N-dealkylation sites (N-methyl/N-ethyl adjacent to an activating group) is 1. The summed E-state index contributed by atoms with van der Waals surface area (Å²) in [6.07, 6.45) is 1.77. The van der Waals surface area contributed by atoms with Gasteiger partial charge in [-0.2, -0.15) is 0 Å². The average molecular weight is 298 g/mol. The standard InChI is InChI=1S/C11H16BrN5/c1-7(6-16(2)3)17-10-9(15-11(17)13)4-8(12)5-14-10/h4-5,7H,6H2,1-3H3,(H2,13,15). The van der Waals surface area contributed by atoms with Gasteiger partial charge in [-0.25, -0.2) is 9.97 Å². The Morgan fingerprint density at radius 1 is 1.53 bits per heavy atom. The van der Waals surface area contributed by atoms with Crippen molar-refractivity contribution in [3.8, 4) is 0 Å². The lowest BCUT2D eigenvalue weighted by molar-refractivity contribution is 0.342. The Labute approximate surface area is 109 Å². The van der Waals surface area contributed by atoms with Crippen LogP contribution >= 0.6 is 15.9 Å².